The summed E-state index contributed by atoms with van der Waals surface area (Å²) in [5.41, 5.74) is 0.234. The van der Waals surface area contributed by atoms with E-state index in [0.29, 0.717) is 28.6 Å². The lowest BCUT2D eigenvalue weighted by atomic mass is 10.2. The summed E-state index contributed by atoms with van der Waals surface area (Å²) in [5.74, 6) is -0.205. The normalized spacial score (nSPS) is 11.1. The van der Waals surface area contributed by atoms with Crippen LogP contribution in [0.5, 0.6) is 0 Å². The van der Waals surface area contributed by atoms with Crippen LogP contribution in [0.4, 0.5) is 5.69 Å². The number of hydrogen-bond donors (Lipinski definition) is 1. The predicted octanol–water partition coefficient (Wildman–Crippen LogP) is 2.36. The number of fused-ring (bicyclic) bond motifs is 1. The van der Waals surface area contributed by atoms with E-state index >= 15 is 0 Å². The molecule has 3 aromatic rings. The summed E-state index contributed by atoms with van der Waals surface area (Å²) in [4.78, 5) is 58.6. The highest BCUT2D eigenvalue weighted by molar-refractivity contribution is 8.00. The summed E-state index contributed by atoms with van der Waals surface area (Å²) in [7, 11) is 1.42. The molecule has 0 saturated heterocycles. The molecule has 0 atom stereocenters. The van der Waals surface area contributed by atoms with E-state index in [2.05, 4.69) is 15.3 Å². The molecule has 0 aliphatic rings. The number of ether oxygens (including phenoxy) is 1. The third-order valence-electron chi connectivity index (χ3n) is 4.83. The number of carbonyl (C=O) groups excluding carboxylic acids is 2. The highest BCUT2D eigenvalue weighted by Crippen LogP contribution is 2.23. The van der Waals surface area contributed by atoms with E-state index in [-0.39, 0.29) is 35.2 Å². The third kappa shape index (κ3) is 5.53. The molecule has 0 saturated carbocycles. The number of thioether (sulfide) groups is 1. The van der Waals surface area contributed by atoms with Crippen LogP contribution in [0.2, 0.25) is 0 Å². The fourth-order valence-corrected chi connectivity index (χ4v) is 4.17. The van der Waals surface area contributed by atoms with E-state index in [1.807, 2.05) is 13.8 Å². The third-order valence-corrected chi connectivity index (χ3v) is 5.80. The number of benzene rings is 1. The van der Waals surface area contributed by atoms with Gasteiger partial charge in [-0.2, -0.15) is 0 Å². The molecule has 0 unspecified atom stereocenters. The number of hydrogen-bond acceptors (Lipinski definition) is 8. The standard InChI is InChI=1S/C23H27N5O5S/c1-6-33-22(31)15-7-9-16(10-8-15)26-17(29)12-34-20-18-19(24-14(4)25-20)28(11-13(2)3)23(32)27(5)21(18)30/h7-10,13H,6,11-12H2,1-5H3,(H,26,29). The number of nitrogens with one attached hydrogen (secondary N) is 1. The van der Waals surface area contributed by atoms with Gasteiger partial charge in [-0.3, -0.25) is 18.7 Å². The second-order valence-electron chi connectivity index (χ2n) is 8.06. The number of aromatic nitrogens is 4. The summed E-state index contributed by atoms with van der Waals surface area (Å²) in [5, 5.41) is 3.31. The van der Waals surface area contributed by atoms with Crippen molar-refractivity contribution in [3.8, 4) is 0 Å². The van der Waals surface area contributed by atoms with Crippen molar-refractivity contribution in [2.24, 2.45) is 13.0 Å². The Morgan fingerprint density at radius 1 is 1.15 bits per heavy atom. The Morgan fingerprint density at radius 3 is 2.44 bits per heavy atom. The van der Waals surface area contributed by atoms with E-state index in [9.17, 15) is 19.2 Å². The molecule has 0 bridgehead atoms. The minimum atomic E-state index is -0.502. The molecule has 2 aromatic heterocycles. The van der Waals surface area contributed by atoms with Gasteiger partial charge in [0.2, 0.25) is 5.91 Å². The predicted molar refractivity (Wildman–Crippen MR) is 130 cm³/mol. The van der Waals surface area contributed by atoms with Gasteiger partial charge in [-0.25, -0.2) is 19.6 Å². The van der Waals surface area contributed by atoms with Crippen LogP contribution in [0.15, 0.2) is 38.9 Å². The fourth-order valence-electron chi connectivity index (χ4n) is 3.31. The molecule has 1 N–H and O–H groups in total. The lowest BCUT2D eigenvalue weighted by Crippen LogP contribution is -2.39. The maximum atomic E-state index is 12.9. The second-order valence-corrected chi connectivity index (χ2v) is 9.02. The lowest BCUT2D eigenvalue weighted by molar-refractivity contribution is -0.113. The first-order valence-electron chi connectivity index (χ1n) is 10.8. The summed E-state index contributed by atoms with van der Waals surface area (Å²) in [6.45, 7) is 8.02. The number of nitrogens with zero attached hydrogens (tertiary/aromatic N) is 4. The molecule has 2 heterocycles. The van der Waals surface area contributed by atoms with Crippen LogP contribution in [0.25, 0.3) is 11.0 Å². The van der Waals surface area contributed by atoms with Crippen molar-refractivity contribution in [2.75, 3.05) is 17.7 Å². The first-order chi connectivity index (χ1) is 16.1. The molecule has 0 aliphatic carbocycles. The Labute approximate surface area is 200 Å². The number of esters is 1. The van der Waals surface area contributed by atoms with Crippen molar-refractivity contribution < 1.29 is 14.3 Å². The van der Waals surface area contributed by atoms with Gasteiger partial charge in [-0.15, -0.1) is 0 Å². The zero-order valence-corrected chi connectivity index (χ0v) is 20.6. The maximum absolute atomic E-state index is 12.9. The van der Waals surface area contributed by atoms with E-state index in [4.69, 9.17) is 4.74 Å². The van der Waals surface area contributed by atoms with Gasteiger partial charge >= 0.3 is 11.7 Å². The molecule has 1 aromatic carbocycles. The van der Waals surface area contributed by atoms with Crippen LogP contribution >= 0.6 is 11.8 Å². The number of rotatable bonds is 8. The Morgan fingerprint density at radius 2 is 1.82 bits per heavy atom. The summed E-state index contributed by atoms with van der Waals surface area (Å²) in [6.07, 6.45) is 0. The largest absolute Gasteiger partial charge is 0.462 e. The SMILES string of the molecule is CCOC(=O)c1ccc(NC(=O)CSc2nc(C)nc3c2c(=O)n(C)c(=O)n3CC(C)C)cc1. The van der Waals surface area contributed by atoms with Crippen LogP contribution in [0.1, 0.15) is 37.0 Å². The highest BCUT2D eigenvalue weighted by atomic mass is 32.2. The Hall–Kier alpha value is -3.47. The first kappa shape index (κ1) is 25.2. The molecule has 0 fully saturated rings. The number of aryl methyl sites for hydroxylation is 1. The zero-order chi connectivity index (χ0) is 25.0. The van der Waals surface area contributed by atoms with Gasteiger partial charge in [-0.1, -0.05) is 25.6 Å². The molecule has 1 amide bonds. The van der Waals surface area contributed by atoms with Crippen molar-refractivity contribution in [1.29, 1.82) is 0 Å². The van der Waals surface area contributed by atoms with Gasteiger partial charge in [0.15, 0.2) is 5.65 Å². The number of amides is 1. The van der Waals surface area contributed by atoms with Crippen LogP contribution in [0.3, 0.4) is 0 Å². The van der Waals surface area contributed by atoms with Gasteiger partial charge in [0.1, 0.15) is 16.2 Å². The van der Waals surface area contributed by atoms with E-state index in [1.54, 1.807) is 38.1 Å². The van der Waals surface area contributed by atoms with Crippen molar-refractivity contribution in [2.45, 2.75) is 39.3 Å². The van der Waals surface area contributed by atoms with Gasteiger partial charge in [0.25, 0.3) is 5.56 Å². The van der Waals surface area contributed by atoms with Crippen molar-refractivity contribution in [1.82, 2.24) is 19.1 Å². The van der Waals surface area contributed by atoms with E-state index in [1.165, 1.54) is 11.6 Å². The van der Waals surface area contributed by atoms with Crippen LogP contribution < -0.4 is 16.6 Å². The van der Waals surface area contributed by atoms with Crippen molar-refractivity contribution in [3.05, 3.63) is 56.5 Å². The Balaban J connectivity index is 1.84. The Kier molecular flexibility index (Phi) is 7.87. The maximum Gasteiger partial charge on any atom is 0.338 e. The minimum absolute atomic E-state index is 0.0162. The molecule has 0 aliphatic heterocycles. The van der Waals surface area contributed by atoms with Crippen molar-refractivity contribution in [3.63, 3.8) is 0 Å². The van der Waals surface area contributed by atoms with Gasteiger partial charge in [0, 0.05) is 19.3 Å². The molecule has 0 spiro atoms. The van der Waals surface area contributed by atoms with E-state index in [0.717, 1.165) is 16.3 Å². The summed E-state index contributed by atoms with van der Waals surface area (Å²) in [6, 6.07) is 6.36. The molecule has 180 valence electrons. The summed E-state index contributed by atoms with van der Waals surface area (Å²) < 4.78 is 7.46. The minimum Gasteiger partial charge on any atom is -0.462 e. The molecule has 11 heteroatoms. The zero-order valence-electron chi connectivity index (χ0n) is 19.7. The Bertz CT molecular complexity index is 1350. The van der Waals surface area contributed by atoms with E-state index < -0.39 is 17.2 Å². The first-order valence-corrected chi connectivity index (χ1v) is 11.8. The second kappa shape index (κ2) is 10.6. The lowest BCUT2D eigenvalue weighted by Gasteiger charge is -2.15. The molecular formula is C23H27N5O5S. The quantitative estimate of drug-likeness (QED) is 0.293. The van der Waals surface area contributed by atoms with Crippen LogP contribution in [-0.4, -0.2) is 43.3 Å². The smallest absolute Gasteiger partial charge is 0.338 e. The van der Waals surface area contributed by atoms with Gasteiger partial charge in [0.05, 0.1) is 17.9 Å². The number of anilines is 1. The molecule has 0 radical (unpaired) electrons. The van der Waals surface area contributed by atoms with Crippen LogP contribution in [0, 0.1) is 12.8 Å². The fraction of sp³-hybridized carbons (Fsp3) is 0.391. The van der Waals surface area contributed by atoms with Gasteiger partial charge < -0.3 is 10.1 Å². The van der Waals surface area contributed by atoms with Crippen LogP contribution in [-0.2, 0) is 23.1 Å². The molecule has 3 rings (SSSR count). The monoisotopic (exact) mass is 485 g/mol. The molecular weight excluding hydrogens is 458 g/mol. The molecule has 34 heavy (non-hydrogen) atoms. The number of carbonyl (C=O) groups is 2. The van der Waals surface area contributed by atoms with Crippen molar-refractivity contribution >= 4 is 40.4 Å². The molecule has 10 nitrogen and oxygen atoms in total. The summed E-state index contributed by atoms with van der Waals surface area (Å²) >= 11 is 1.10. The highest BCUT2D eigenvalue weighted by Gasteiger charge is 2.19. The topological polar surface area (TPSA) is 125 Å². The average Bonchev–Trinajstić information content (AvgIpc) is 2.79. The average molecular weight is 486 g/mol. The van der Waals surface area contributed by atoms with Gasteiger partial charge in [-0.05, 0) is 44.0 Å².